The molecule has 9 heteroatoms. The lowest BCUT2D eigenvalue weighted by molar-refractivity contribution is -0.268. The van der Waals surface area contributed by atoms with Gasteiger partial charge in [0.2, 0.25) is 0 Å². The maximum Gasteiger partial charge on any atom is 0.377 e. The lowest BCUT2D eigenvalue weighted by Crippen LogP contribution is -2.57. The van der Waals surface area contributed by atoms with Gasteiger partial charge in [0.25, 0.3) is 11.6 Å². The van der Waals surface area contributed by atoms with Crippen molar-refractivity contribution in [3.05, 3.63) is 25.3 Å². The average Bonchev–Trinajstić information content (AvgIpc) is 2.53. The molecule has 4 N–H and O–H groups in total. The molecule has 0 rings (SSSR count). The van der Waals surface area contributed by atoms with Gasteiger partial charge in [-0.25, -0.2) is 9.59 Å². The van der Waals surface area contributed by atoms with Crippen molar-refractivity contribution >= 4 is 11.9 Å². The second kappa shape index (κ2) is 8.87. The van der Waals surface area contributed by atoms with Crippen LogP contribution in [0, 0.1) is 0 Å². The van der Waals surface area contributed by atoms with E-state index in [0.717, 1.165) is 14.2 Å². The summed E-state index contributed by atoms with van der Waals surface area (Å²) in [4.78, 5) is 23.8. The van der Waals surface area contributed by atoms with E-state index >= 15 is 0 Å². The normalized spacial score (nSPS) is 18.9. The molecule has 23 heavy (non-hydrogen) atoms. The van der Waals surface area contributed by atoms with Gasteiger partial charge in [-0.1, -0.05) is 12.2 Å². The molecule has 4 atom stereocenters. The van der Waals surface area contributed by atoms with E-state index in [-0.39, 0.29) is 12.8 Å². The van der Waals surface area contributed by atoms with E-state index in [4.69, 9.17) is 0 Å². The van der Waals surface area contributed by atoms with Gasteiger partial charge in [0.05, 0.1) is 0 Å². The fourth-order valence-electron chi connectivity index (χ4n) is 1.58. The number of hydrogen-bond donors (Lipinski definition) is 4. The Morgan fingerprint density at radius 1 is 0.957 bits per heavy atom. The summed E-state index contributed by atoms with van der Waals surface area (Å²) >= 11 is 0. The monoisotopic (exact) mass is 334 g/mol. The van der Waals surface area contributed by atoms with E-state index in [1.54, 1.807) is 0 Å². The quantitative estimate of drug-likeness (QED) is 0.164. The molecule has 0 aliphatic heterocycles. The van der Waals surface area contributed by atoms with Crippen LogP contribution < -0.4 is 0 Å². The Hall–Kier alpha value is -1.62. The molecule has 0 aromatic heterocycles. The molecule has 0 heterocycles. The summed E-state index contributed by atoms with van der Waals surface area (Å²) in [5.74, 6) is -9.13. The van der Waals surface area contributed by atoms with Gasteiger partial charge in [-0.3, -0.25) is 0 Å². The van der Waals surface area contributed by atoms with Gasteiger partial charge in [0.15, 0.2) is 0 Å². The molecular weight excluding hydrogens is 312 g/mol. The number of esters is 2. The summed E-state index contributed by atoms with van der Waals surface area (Å²) in [7, 11) is 1.79. The highest BCUT2D eigenvalue weighted by molar-refractivity contribution is 5.93. The molecule has 0 amide bonds. The highest BCUT2D eigenvalue weighted by Crippen LogP contribution is 2.22. The first-order valence-electron chi connectivity index (χ1n) is 6.53. The zero-order chi connectivity index (χ0) is 18.3. The molecule has 0 spiro atoms. The fourth-order valence-corrected chi connectivity index (χ4v) is 1.58. The summed E-state index contributed by atoms with van der Waals surface area (Å²) in [6.07, 6.45) is -1.66. The van der Waals surface area contributed by atoms with Crippen LogP contribution in [0.1, 0.15) is 12.8 Å². The SMILES string of the molecule is C=CCC(O)C(O)(OC)C(=O)OC(=O)C(O)(OC)C(O)CC=C. The van der Waals surface area contributed by atoms with Crippen LogP contribution in [0.4, 0.5) is 0 Å². The molecule has 4 unspecified atom stereocenters. The van der Waals surface area contributed by atoms with Gasteiger partial charge in [-0.05, 0) is 12.8 Å². The summed E-state index contributed by atoms with van der Waals surface area (Å²) < 4.78 is 13.3. The van der Waals surface area contributed by atoms with Gasteiger partial charge >= 0.3 is 11.9 Å². The minimum Gasteiger partial charge on any atom is -0.386 e. The second-order valence-electron chi connectivity index (χ2n) is 4.56. The Bertz CT molecular complexity index is 410. The first kappa shape index (κ1) is 21.4. The van der Waals surface area contributed by atoms with E-state index in [0.29, 0.717) is 0 Å². The Balaban J connectivity index is 5.28. The van der Waals surface area contributed by atoms with Gasteiger partial charge in [-0.2, -0.15) is 0 Å². The number of methoxy groups -OCH3 is 2. The van der Waals surface area contributed by atoms with Crippen LogP contribution in [0.5, 0.6) is 0 Å². The number of aliphatic hydroxyl groups excluding tert-OH is 2. The van der Waals surface area contributed by atoms with Crippen molar-refractivity contribution in [1.82, 2.24) is 0 Å². The maximum absolute atomic E-state index is 11.9. The van der Waals surface area contributed by atoms with Crippen molar-refractivity contribution in [2.45, 2.75) is 36.6 Å². The van der Waals surface area contributed by atoms with Gasteiger partial charge in [0, 0.05) is 14.2 Å². The first-order valence-corrected chi connectivity index (χ1v) is 6.53. The van der Waals surface area contributed by atoms with Crippen molar-refractivity contribution in [2.24, 2.45) is 0 Å². The number of rotatable bonds is 10. The minimum atomic E-state index is -2.87. The molecule has 0 radical (unpaired) electrons. The smallest absolute Gasteiger partial charge is 0.377 e. The summed E-state index contributed by atoms with van der Waals surface area (Å²) in [6.45, 7) is 6.63. The second-order valence-corrected chi connectivity index (χ2v) is 4.56. The van der Waals surface area contributed by atoms with Gasteiger partial charge < -0.3 is 34.6 Å². The number of carbonyl (C=O) groups is 2. The van der Waals surface area contributed by atoms with Crippen molar-refractivity contribution < 1.29 is 44.2 Å². The maximum atomic E-state index is 11.9. The largest absolute Gasteiger partial charge is 0.386 e. The average molecular weight is 334 g/mol. The zero-order valence-electron chi connectivity index (χ0n) is 13.0. The molecule has 0 aromatic rings. The first-order chi connectivity index (χ1) is 10.6. The highest BCUT2D eigenvalue weighted by atomic mass is 16.7. The Labute approximate surface area is 133 Å². The topological polar surface area (TPSA) is 143 Å². The van der Waals surface area contributed by atoms with E-state index in [1.807, 2.05) is 0 Å². The lowest BCUT2D eigenvalue weighted by atomic mass is 10.1. The number of hydrogen-bond acceptors (Lipinski definition) is 9. The predicted molar refractivity (Wildman–Crippen MR) is 76.7 cm³/mol. The van der Waals surface area contributed by atoms with Crippen LogP contribution in [0.15, 0.2) is 25.3 Å². The summed E-state index contributed by atoms with van der Waals surface area (Å²) in [5, 5.41) is 39.3. The fraction of sp³-hybridized carbons (Fsp3) is 0.571. The molecule has 0 aliphatic rings. The summed E-state index contributed by atoms with van der Waals surface area (Å²) in [6, 6.07) is 0. The molecule has 0 aliphatic carbocycles. The third kappa shape index (κ3) is 4.67. The number of carbonyl (C=O) groups excluding carboxylic acids is 2. The van der Waals surface area contributed by atoms with Crippen LogP contribution in [-0.2, 0) is 23.8 Å². The number of aliphatic hydroxyl groups is 4. The third-order valence-corrected chi connectivity index (χ3v) is 3.08. The lowest BCUT2D eigenvalue weighted by Gasteiger charge is -2.31. The summed E-state index contributed by atoms with van der Waals surface area (Å²) in [5.41, 5.74) is 0. The Morgan fingerprint density at radius 3 is 1.48 bits per heavy atom. The molecule has 0 saturated heterocycles. The Kier molecular flexibility index (Phi) is 8.24. The van der Waals surface area contributed by atoms with Gasteiger partial charge in [0.1, 0.15) is 12.2 Å². The van der Waals surface area contributed by atoms with Crippen LogP contribution in [0.3, 0.4) is 0 Å². The van der Waals surface area contributed by atoms with Crippen molar-refractivity contribution in [3.8, 4) is 0 Å². The van der Waals surface area contributed by atoms with Crippen LogP contribution in [-0.4, -0.2) is 70.4 Å². The molecule has 0 aromatic carbocycles. The third-order valence-electron chi connectivity index (χ3n) is 3.08. The molecule has 9 nitrogen and oxygen atoms in total. The molecule has 132 valence electrons. The molecule has 0 bridgehead atoms. The molecule has 0 saturated carbocycles. The number of ether oxygens (including phenoxy) is 3. The van der Waals surface area contributed by atoms with E-state index in [2.05, 4.69) is 27.4 Å². The van der Waals surface area contributed by atoms with E-state index in [1.165, 1.54) is 12.2 Å². The van der Waals surface area contributed by atoms with Crippen LogP contribution in [0.25, 0.3) is 0 Å². The minimum absolute atomic E-state index is 0.249. The highest BCUT2D eigenvalue weighted by Gasteiger charge is 2.51. The van der Waals surface area contributed by atoms with E-state index in [9.17, 15) is 30.0 Å². The zero-order valence-corrected chi connectivity index (χ0v) is 13.0. The predicted octanol–water partition coefficient (Wildman–Crippen LogP) is -1.40. The van der Waals surface area contributed by atoms with E-state index < -0.39 is 35.7 Å². The molecule has 0 fully saturated rings. The van der Waals surface area contributed by atoms with Crippen LogP contribution in [0.2, 0.25) is 0 Å². The Morgan fingerprint density at radius 2 is 1.26 bits per heavy atom. The van der Waals surface area contributed by atoms with Crippen LogP contribution >= 0.6 is 0 Å². The van der Waals surface area contributed by atoms with Crippen molar-refractivity contribution in [3.63, 3.8) is 0 Å². The van der Waals surface area contributed by atoms with Crippen molar-refractivity contribution in [1.29, 1.82) is 0 Å². The van der Waals surface area contributed by atoms with Gasteiger partial charge in [-0.15, -0.1) is 13.2 Å². The standard InChI is InChI=1S/C14H22O9/c1-5-7-9(15)13(19,21-3)11(17)23-12(18)14(20,22-4)10(16)8-6-2/h5-6,9-10,15-16,19-20H,1-2,7-8H2,3-4H3. The van der Waals surface area contributed by atoms with Crippen molar-refractivity contribution in [2.75, 3.05) is 14.2 Å². The molecular formula is C14H22O9.